The second kappa shape index (κ2) is 20.2. The van der Waals surface area contributed by atoms with Crippen LogP contribution in [0.1, 0.15) is 99.3 Å². The topological polar surface area (TPSA) is 19.0 Å². The molecule has 0 aromatic heterocycles. The summed E-state index contributed by atoms with van der Waals surface area (Å²) in [5.74, 6) is 0. The van der Waals surface area contributed by atoms with Gasteiger partial charge in [-0.15, -0.1) is 0 Å². The van der Waals surface area contributed by atoms with E-state index in [1.165, 1.54) is 123 Å². The van der Waals surface area contributed by atoms with Gasteiger partial charge in [-0.05, 0) is 141 Å². The van der Waals surface area contributed by atoms with Crippen molar-refractivity contribution in [2.45, 2.75) is 118 Å². The maximum absolute atomic E-state index is 6.20. The van der Waals surface area contributed by atoms with Crippen molar-refractivity contribution < 1.29 is 4.43 Å². The second-order valence-electron chi connectivity index (χ2n) is 11.4. The Kier molecular flexibility index (Phi) is 20.2. The molecule has 0 fully saturated rings. The minimum absolute atomic E-state index is 0.380. The normalized spacial score (nSPS) is 13.1. The van der Waals surface area contributed by atoms with Crippen molar-refractivity contribution in [2.75, 3.05) is 66.0 Å². The summed E-state index contributed by atoms with van der Waals surface area (Å²) in [6.45, 7) is 30.1. The van der Waals surface area contributed by atoms with Crippen molar-refractivity contribution >= 4 is 8.32 Å². The molecule has 0 amide bonds. The summed E-state index contributed by atoms with van der Waals surface area (Å²) < 4.78 is 6.20. The highest BCUT2D eigenvalue weighted by Gasteiger charge is 2.38. The molecule has 0 aromatic carbocycles. The minimum atomic E-state index is -1.70. The first-order valence-electron chi connectivity index (χ1n) is 15.0. The van der Waals surface area contributed by atoms with Gasteiger partial charge in [-0.3, -0.25) is 0 Å². The van der Waals surface area contributed by atoms with Crippen molar-refractivity contribution in [3.8, 4) is 0 Å². The van der Waals surface area contributed by atoms with Crippen LogP contribution >= 0.6 is 0 Å². The van der Waals surface area contributed by atoms with E-state index in [2.05, 4.69) is 69.3 Å². The lowest BCUT2D eigenvalue weighted by molar-refractivity contribution is 0.130. The molecule has 0 N–H and O–H groups in total. The summed E-state index contributed by atoms with van der Waals surface area (Å²) in [5, 5.41) is 0. The van der Waals surface area contributed by atoms with Crippen molar-refractivity contribution in [1.29, 1.82) is 0 Å². The van der Waals surface area contributed by atoms with Gasteiger partial charge in [-0.2, -0.15) is 0 Å². The van der Waals surface area contributed by atoms with Crippen LogP contribution in [0.4, 0.5) is 0 Å². The van der Waals surface area contributed by atoms with Gasteiger partial charge in [0.15, 0.2) is 8.32 Å². The molecule has 0 unspecified atom stereocenters. The van der Waals surface area contributed by atoms with Crippen LogP contribution in [0.3, 0.4) is 0 Å². The first kappa shape index (κ1) is 34.1. The lowest BCUT2D eigenvalue weighted by atomic mass is 9.79. The van der Waals surface area contributed by atoms with E-state index >= 15 is 0 Å². The molecular weight excluding hydrogens is 434 g/mol. The van der Waals surface area contributed by atoms with E-state index in [0.29, 0.717) is 5.41 Å². The summed E-state index contributed by atoms with van der Waals surface area (Å²) in [6, 6.07) is 1.29. The first-order valence-corrected chi connectivity index (χ1v) is 18.1. The minimum Gasteiger partial charge on any atom is -0.420 e. The maximum Gasteiger partial charge on any atom is 0.186 e. The lowest BCUT2D eigenvalue weighted by Gasteiger charge is -2.42. The van der Waals surface area contributed by atoms with Crippen LogP contribution in [0.15, 0.2) is 0 Å². The van der Waals surface area contributed by atoms with Gasteiger partial charge in [0.05, 0.1) is 0 Å². The van der Waals surface area contributed by atoms with Gasteiger partial charge in [0, 0.05) is 7.11 Å². The van der Waals surface area contributed by atoms with Crippen LogP contribution in [-0.2, 0) is 4.43 Å². The van der Waals surface area contributed by atoms with Crippen molar-refractivity contribution in [1.82, 2.24) is 14.7 Å². The number of nitrogens with zero attached hydrogens (tertiary/aromatic N) is 3. The Morgan fingerprint density at radius 3 is 0.971 bits per heavy atom. The quantitative estimate of drug-likeness (QED) is 0.129. The van der Waals surface area contributed by atoms with E-state index < -0.39 is 8.32 Å². The predicted molar refractivity (Wildman–Crippen MR) is 157 cm³/mol. The second-order valence-corrected chi connectivity index (χ2v) is 15.7. The smallest absolute Gasteiger partial charge is 0.186 e. The van der Waals surface area contributed by atoms with E-state index in [9.17, 15) is 0 Å². The molecule has 0 radical (unpaired) electrons. The van der Waals surface area contributed by atoms with Crippen LogP contribution in [-0.4, -0.2) is 89.0 Å². The Balaban J connectivity index is 5.87. The zero-order valence-electron chi connectivity index (χ0n) is 25.2. The fourth-order valence-corrected chi connectivity index (χ4v) is 8.19. The molecule has 0 aliphatic rings. The number of rotatable bonds is 24. The zero-order chi connectivity index (χ0) is 25.9. The van der Waals surface area contributed by atoms with Crippen LogP contribution in [0.5, 0.6) is 0 Å². The Morgan fingerprint density at radius 2 is 0.765 bits per heavy atom. The monoisotopic (exact) mass is 499 g/mol. The summed E-state index contributed by atoms with van der Waals surface area (Å²) in [5.41, 5.74) is 0.380. The third-order valence-corrected chi connectivity index (χ3v) is 10.2. The third kappa shape index (κ3) is 15.2. The fraction of sp³-hybridized carbons (Fsp3) is 1.00. The van der Waals surface area contributed by atoms with E-state index in [1.54, 1.807) is 0 Å². The molecule has 34 heavy (non-hydrogen) atoms. The predicted octanol–water partition coefficient (Wildman–Crippen LogP) is 7.36. The Hall–Kier alpha value is 0.0569. The highest BCUT2D eigenvalue weighted by atomic mass is 28.4. The molecular formula is C29H65N3OSi. The van der Waals surface area contributed by atoms with Gasteiger partial charge >= 0.3 is 0 Å². The van der Waals surface area contributed by atoms with E-state index in [0.717, 1.165) is 0 Å². The standard InChI is InChI=1S/C29H65N3OSi/c1-10-19-30(20-11-2)25-16-29(28-34(8,9)33-7,17-26-31(21-12-3)22-13-4)18-27-32(23-14-5)24-15-6/h10-28H2,1-9H3. The molecule has 0 spiro atoms. The highest BCUT2D eigenvalue weighted by molar-refractivity contribution is 6.71. The molecule has 206 valence electrons. The number of hydrogen-bond acceptors (Lipinski definition) is 4. The van der Waals surface area contributed by atoms with E-state index in [1.807, 2.05) is 7.11 Å². The van der Waals surface area contributed by atoms with Crippen LogP contribution in [0.2, 0.25) is 19.1 Å². The van der Waals surface area contributed by atoms with Crippen LogP contribution < -0.4 is 0 Å². The fourth-order valence-electron chi connectivity index (χ4n) is 5.70. The molecule has 0 heterocycles. The summed E-state index contributed by atoms with van der Waals surface area (Å²) >= 11 is 0. The first-order chi connectivity index (χ1) is 16.2. The lowest BCUT2D eigenvalue weighted by Crippen LogP contribution is -2.43. The van der Waals surface area contributed by atoms with Crippen molar-refractivity contribution in [3.05, 3.63) is 0 Å². The van der Waals surface area contributed by atoms with E-state index in [4.69, 9.17) is 4.43 Å². The van der Waals surface area contributed by atoms with Crippen molar-refractivity contribution in [3.63, 3.8) is 0 Å². The zero-order valence-corrected chi connectivity index (χ0v) is 26.2. The Labute approximate surface area is 217 Å². The molecule has 0 rings (SSSR count). The molecule has 0 aliphatic heterocycles. The van der Waals surface area contributed by atoms with Gasteiger partial charge in [0.25, 0.3) is 0 Å². The average Bonchev–Trinajstić information content (AvgIpc) is 2.80. The number of hydrogen-bond donors (Lipinski definition) is 0. The Bertz CT molecular complexity index is 392. The largest absolute Gasteiger partial charge is 0.420 e. The molecule has 0 bridgehead atoms. The summed E-state index contributed by atoms with van der Waals surface area (Å²) in [7, 11) is 0.275. The highest BCUT2D eigenvalue weighted by Crippen LogP contribution is 2.41. The van der Waals surface area contributed by atoms with Crippen LogP contribution in [0, 0.1) is 5.41 Å². The SMILES string of the molecule is CCCN(CCC)CCC(CCN(CCC)CCC)(CCN(CCC)CCC)C[Si](C)(C)OC. The molecule has 0 aromatic rings. The molecule has 0 atom stereocenters. The van der Waals surface area contributed by atoms with Gasteiger partial charge in [-0.25, -0.2) is 0 Å². The third-order valence-electron chi connectivity index (χ3n) is 7.47. The van der Waals surface area contributed by atoms with Crippen LogP contribution in [0.25, 0.3) is 0 Å². The molecule has 5 heteroatoms. The van der Waals surface area contributed by atoms with Gasteiger partial charge in [-0.1, -0.05) is 41.5 Å². The Morgan fingerprint density at radius 1 is 0.500 bits per heavy atom. The van der Waals surface area contributed by atoms with E-state index in [-0.39, 0.29) is 0 Å². The summed E-state index contributed by atoms with van der Waals surface area (Å²) in [4.78, 5) is 8.21. The van der Waals surface area contributed by atoms with Gasteiger partial charge < -0.3 is 19.1 Å². The molecule has 0 saturated carbocycles. The molecule has 4 nitrogen and oxygen atoms in total. The van der Waals surface area contributed by atoms with Gasteiger partial charge in [0.2, 0.25) is 0 Å². The molecule has 0 saturated heterocycles. The summed E-state index contributed by atoms with van der Waals surface area (Å²) in [6.07, 6.45) is 11.5. The van der Waals surface area contributed by atoms with Gasteiger partial charge in [0.1, 0.15) is 0 Å². The maximum atomic E-state index is 6.20. The molecule has 0 aliphatic carbocycles. The average molecular weight is 500 g/mol. The van der Waals surface area contributed by atoms with Crippen molar-refractivity contribution in [2.24, 2.45) is 5.41 Å².